The molecule has 3 nitrogen and oxygen atoms in total. The van der Waals surface area contributed by atoms with Gasteiger partial charge in [-0.2, -0.15) is 0 Å². The maximum atomic E-state index is 11.2. The van der Waals surface area contributed by atoms with Crippen molar-refractivity contribution in [2.24, 2.45) is 5.92 Å². The van der Waals surface area contributed by atoms with Crippen LogP contribution in [0.1, 0.15) is 0 Å². The fourth-order valence-corrected chi connectivity index (χ4v) is 3.78. The topological polar surface area (TPSA) is 32.3 Å². The third-order valence-electron chi connectivity index (χ3n) is 1.79. The number of hydrogen-bond acceptors (Lipinski definition) is 2. The van der Waals surface area contributed by atoms with E-state index in [9.17, 15) is 4.79 Å². The number of amides is 1. The number of alkyl halides is 1. The van der Waals surface area contributed by atoms with Crippen LogP contribution >= 0.6 is 45.5 Å². The van der Waals surface area contributed by atoms with Gasteiger partial charge < -0.3 is 5.32 Å². The van der Waals surface area contributed by atoms with Gasteiger partial charge >= 0.3 is 0 Å². The average Bonchev–Trinajstić information content (AvgIpc) is 2.28. The third-order valence-corrected chi connectivity index (χ3v) is 3.84. The zero-order valence-electron chi connectivity index (χ0n) is 6.18. The molecule has 0 saturated carbocycles. The van der Waals surface area contributed by atoms with Crippen LogP contribution in [0.5, 0.6) is 0 Å². The van der Waals surface area contributed by atoms with E-state index < -0.39 is 0 Å². The molecule has 1 amide bonds. The van der Waals surface area contributed by atoms with Crippen molar-refractivity contribution in [2.45, 2.75) is 3.92 Å². The lowest BCUT2D eigenvalue weighted by molar-refractivity contribution is -0.123. The van der Waals surface area contributed by atoms with Crippen LogP contribution in [-0.2, 0) is 4.79 Å². The Kier molecular flexibility index (Phi) is 3.83. The molecule has 5 heteroatoms. The second-order valence-corrected chi connectivity index (χ2v) is 5.53. The summed E-state index contributed by atoms with van der Waals surface area (Å²) in [6, 6.07) is 0. The van der Waals surface area contributed by atoms with Crippen LogP contribution in [0.4, 0.5) is 0 Å². The van der Waals surface area contributed by atoms with E-state index in [2.05, 4.69) is 53.9 Å². The van der Waals surface area contributed by atoms with E-state index in [1.54, 1.807) is 7.05 Å². The third kappa shape index (κ3) is 2.41. The van der Waals surface area contributed by atoms with Gasteiger partial charge in [0.1, 0.15) is 0 Å². The summed E-state index contributed by atoms with van der Waals surface area (Å²) in [5.74, 6) is 0.348. The highest BCUT2D eigenvalue weighted by molar-refractivity contribution is 14.1. The molecule has 0 aromatic rings. The molecule has 1 rings (SSSR count). The molecular formula is C6H10I2N2O. The molecule has 1 saturated heterocycles. The van der Waals surface area contributed by atoms with Crippen molar-refractivity contribution in [1.82, 2.24) is 8.43 Å². The zero-order valence-corrected chi connectivity index (χ0v) is 10.5. The predicted octanol–water partition coefficient (Wildman–Crippen LogP) is 0.818. The lowest BCUT2D eigenvalue weighted by Gasteiger charge is -2.09. The molecule has 0 aromatic carbocycles. The van der Waals surface area contributed by atoms with Crippen molar-refractivity contribution >= 4 is 51.4 Å². The molecule has 0 aromatic heterocycles. The van der Waals surface area contributed by atoms with Gasteiger partial charge in [0.15, 0.2) is 0 Å². The Balaban J connectivity index is 2.52. The smallest absolute Gasteiger partial charge is 0.225 e. The highest BCUT2D eigenvalue weighted by Gasteiger charge is 2.34. The summed E-state index contributed by atoms with van der Waals surface area (Å²) in [6.45, 7) is 1.90. The van der Waals surface area contributed by atoms with Crippen LogP contribution in [0.25, 0.3) is 0 Å². The Morgan fingerprint density at radius 3 is 2.64 bits per heavy atom. The molecule has 1 aliphatic rings. The molecule has 64 valence electrons. The minimum Gasteiger partial charge on any atom is -0.359 e. The van der Waals surface area contributed by atoms with Gasteiger partial charge in [0, 0.05) is 46.9 Å². The first kappa shape index (κ1) is 9.97. The number of hydrogen-bond donors (Lipinski definition) is 1. The van der Waals surface area contributed by atoms with Crippen molar-refractivity contribution < 1.29 is 4.79 Å². The molecule has 1 aliphatic heterocycles. The Morgan fingerprint density at radius 2 is 2.27 bits per heavy atom. The summed E-state index contributed by atoms with van der Waals surface area (Å²) in [7, 11) is 1.70. The van der Waals surface area contributed by atoms with Gasteiger partial charge in [-0.05, 0) is 0 Å². The molecule has 2 atom stereocenters. The predicted molar refractivity (Wildman–Crippen MR) is 61.0 cm³/mol. The molecule has 1 fully saturated rings. The second-order valence-electron chi connectivity index (χ2n) is 2.56. The quantitative estimate of drug-likeness (QED) is 0.415. The van der Waals surface area contributed by atoms with Crippen molar-refractivity contribution in [3.05, 3.63) is 0 Å². The first-order valence-corrected chi connectivity index (χ1v) is 5.62. The molecule has 11 heavy (non-hydrogen) atoms. The molecule has 0 bridgehead atoms. The lowest BCUT2D eigenvalue weighted by atomic mass is 10.1. The van der Waals surface area contributed by atoms with Crippen molar-refractivity contribution in [3.63, 3.8) is 0 Å². The van der Waals surface area contributed by atoms with Crippen LogP contribution in [0, 0.1) is 5.92 Å². The van der Waals surface area contributed by atoms with Gasteiger partial charge in [-0.15, -0.1) is 0 Å². The van der Waals surface area contributed by atoms with Crippen molar-refractivity contribution in [2.75, 3.05) is 20.1 Å². The van der Waals surface area contributed by atoms with Gasteiger partial charge in [0.2, 0.25) is 5.91 Å². The molecule has 0 spiro atoms. The molecular weight excluding hydrogens is 370 g/mol. The summed E-state index contributed by atoms with van der Waals surface area (Å²) in [6.07, 6.45) is 0. The van der Waals surface area contributed by atoms with Gasteiger partial charge in [0.05, 0.1) is 5.92 Å². The summed E-state index contributed by atoms with van der Waals surface area (Å²) >= 11 is 4.60. The largest absolute Gasteiger partial charge is 0.359 e. The highest BCUT2D eigenvalue weighted by Crippen LogP contribution is 2.26. The number of rotatable bonds is 1. The molecule has 0 radical (unpaired) electrons. The fourth-order valence-electron chi connectivity index (χ4n) is 1.15. The number of halogens is 2. The summed E-state index contributed by atoms with van der Waals surface area (Å²) in [5.41, 5.74) is 0. The molecule has 1 heterocycles. The average molecular weight is 380 g/mol. The molecule has 2 unspecified atom stereocenters. The van der Waals surface area contributed by atoms with Crippen LogP contribution in [0.2, 0.25) is 0 Å². The highest BCUT2D eigenvalue weighted by atomic mass is 127. The Hall–Kier alpha value is 0.890. The maximum absolute atomic E-state index is 11.2. The number of nitrogens with one attached hydrogen (secondary N) is 1. The summed E-state index contributed by atoms with van der Waals surface area (Å²) in [5, 5.41) is 2.68. The Morgan fingerprint density at radius 1 is 1.64 bits per heavy atom. The van der Waals surface area contributed by atoms with Crippen molar-refractivity contribution in [3.8, 4) is 0 Å². The van der Waals surface area contributed by atoms with Gasteiger partial charge in [0.25, 0.3) is 0 Å². The normalized spacial score (nSPS) is 32.3. The molecule has 1 N–H and O–H groups in total. The van der Waals surface area contributed by atoms with E-state index in [0.29, 0.717) is 3.92 Å². The number of carbonyl (C=O) groups excluding carboxylic acids is 1. The van der Waals surface area contributed by atoms with E-state index >= 15 is 0 Å². The standard InChI is InChI=1S/C6H10I2N2O/c1-9-6(11)4-2-10(8)3-5(4)7/h4-5H,2-3H2,1H3,(H,9,11). The van der Waals surface area contributed by atoms with Gasteiger partial charge in [-0.3, -0.25) is 4.79 Å². The lowest BCUT2D eigenvalue weighted by Crippen LogP contribution is -2.32. The fraction of sp³-hybridized carbons (Fsp3) is 0.833. The molecule has 0 aliphatic carbocycles. The van der Waals surface area contributed by atoms with Crippen LogP contribution in [0.3, 0.4) is 0 Å². The van der Waals surface area contributed by atoms with Crippen molar-refractivity contribution in [1.29, 1.82) is 0 Å². The van der Waals surface area contributed by atoms with Crippen LogP contribution in [-0.4, -0.2) is 33.1 Å². The first-order valence-electron chi connectivity index (χ1n) is 3.41. The zero-order chi connectivity index (χ0) is 8.43. The summed E-state index contributed by atoms with van der Waals surface area (Å²) < 4.78 is 2.62. The number of nitrogens with zero attached hydrogens (tertiary/aromatic N) is 1. The van der Waals surface area contributed by atoms with E-state index in [1.807, 2.05) is 0 Å². The van der Waals surface area contributed by atoms with E-state index in [0.717, 1.165) is 13.1 Å². The van der Waals surface area contributed by atoms with Crippen LogP contribution in [0.15, 0.2) is 0 Å². The Bertz CT molecular complexity index is 165. The Labute approximate surface area is 93.9 Å². The maximum Gasteiger partial charge on any atom is 0.225 e. The minimum absolute atomic E-state index is 0.170. The van der Waals surface area contributed by atoms with E-state index in [4.69, 9.17) is 0 Å². The summed E-state index contributed by atoms with van der Waals surface area (Å²) in [4.78, 5) is 11.2. The van der Waals surface area contributed by atoms with Gasteiger partial charge in [-0.1, -0.05) is 22.6 Å². The monoisotopic (exact) mass is 380 g/mol. The second kappa shape index (κ2) is 4.22. The van der Waals surface area contributed by atoms with E-state index in [-0.39, 0.29) is 11.8 Å². The minimum atomic E-state index is 0.170. The van der Waals surface area contributed by atoms with Crippen LogP contribution < -0.4 is 5.32 Å². The van der Waals surface area contributed by atoms with Gasteiger partial charge in [-0.25, -0.2) is 3.11 Å². The SMILES string of the molecule is CNC(=O)C1CN(I)CC1I. The van der Waals surface area contributed by atoms with E-state index in [1.165, 1.54) is 0 Å². The number of carbonyl (C=O) groups is 1. The first-order chi connectivity index (χ1) is 5.15.